The van der Waals surface area contributed by atoms with Gasteiger partial charge in [0.2, 0.25) is 0 Å². The summed E-state index contributed by atoms with van der Waals surface area (Å²) in [6.07, 6.45) is 1.54. The van der Waals surface area contributed by atoms with Crippen LogP contribution < -0.4 is 0 Å². The maximum Gasteiger partial charge on any atom is 0.410 e. The summed E-state index contributed by atoms with van der Waals surface area (Å²) < 4.78 is 5.30. The van der Waals surface area contributed by atoms with E-state index in [0.717, 1.165) is 13.1 Å². The molecule has 5 nitrogen and oxygen atoms in total. The molecular formula is C11H21N3O2. The van der Waals surface area contributed by atoms with Crippen LogP contribution in [0, 0.1) is 0 Å². The second kappa shape index (κ2) is 5.18. The van der Waals surface area contributed by atoms with E-state index < -0.39 is 5.60 Å². The maximum absolute atomic E-state index is 11.7. The SMILES string of the molecule is C/C=N/N1CCN(C(=O)OC(C)(C)C)CC1. The zero-order valence-electron chi connectivity index (χ0n) is 10.6. The molecule has 0 bridgehead atoms. The van der Waals surface area contributed by atoms with E-state index in [2.05, 4.69) is 5.10 Å². The number of ether oxygens (including phenoxy) is 1. The summed E-state index contributed by atoms with van der Waals surface area (Å²) in [6.45, 7) is 10.4. The van der Waals surface area contributed by atoms with E-state index in [-0.39, 0.29) is 6.09 Å². The van der Waals surface area contributed by atoms with Gasteiger partial charge in [-0.2, -0.15) is 5.10 Å². The van der Waals surface area contributed by atoms with Crippen LogP contribution in [0.15, 0.2) is 5.10 Å². The fourth-order valence-electron chi connectivity index (χ4n) is 1.48. The third kappa shape index (κ3) is 4.08. The standard InChI is InChI=1S/C11H21N3O2/c1-5-12-14-8-6-13(7-9-14)10(15)16-11(2,3)4/h5H,6-9H2,1-4H3/b12-5+. The lowest BCUT2D eigenvalue weighted by molar-refractivity contribution is 0.0148. The molecule has 0 N–H and O–H groups in total. The molecule has 0 radical (unpaired) electrons. The summed E-state index contributed by atoms with van der Waals surface area (Å²) in [4.78, 5) is 13.5. The van der Waals surface area contributed by atoms with E-state index in [1.54, 1.807) is 11.1 Å². The van der Waals surface area contributed by atoms with Crippen LogP contribution in [0.5, 0.6) is 0 Å². The average Bonchev–Trinajstić information content (AvgIpc) is 2.16. The molecule has 16 heavy (non-hydrogen) atoms. The Morgan fingerprint density at radius 2 is 1.81 bits per heavy atom. The number of hydrogen-bond donors (Lipinski definition) is 0. The van der Waals surface area contributed by atoms with Crippen LogP contribution in [-0.4, -0.2) is 54.0 Å². The first-order valence-corrected chi connectivity index (χ1v) is 5.64. The number of hydrazone groups is 1. The molecule has 1 rings (SSSR count). The molecule has 0 spiro atoms. The molecule has 0 unspecified atom stereocenters. The minimum absolute atomic E-state index is 0.229. The fraction of sp³-hybridized carbons (Fsp3) is 0.818. The highest BCUT2D eigenvalue weighted by molar-refractivity contribution is 5.68. The number of carbonyl (C=O) groups is 1. The van der Waals surface area contributed by atoms with Crippen LogP contribution in [0.25, 0.3) is 0 Å². The van der Waals surface area contributed by atoms with Gasteiger partial charge in [-0.15, -0.1) is 0 Å². The molecule has 0 aliphatic carbocycles. The van der Waals surface area contributed by atoms with Gasteiger partial charge in [-0.25, -0.2) is 4.79 Å². The number of rotatable bonds is 1. The van der Waals surface area contributed by atoms with Crippen LogP contribution in [0.4, 0.5) is 4.79 Å². The molecule has 0 aromatic carbocycles. The van der Waals surface area contributed by atoms with E-state index in [9.17, 15) is 4.79 Å². The lowest BCUT2D eigenvalue weighted by atomic mass is 10.2. The maximum atomic E-state index is 11.7. The number of nitrogens with zero attached hydrogens (tertiary/aromatic N) is 3. The molecule has 92 valence electrons. The van der Waals surface area contributed by atoms with Gasteiger partial charge in [-0.1, -0.05) is 0 Å². The second-order valence-electron chi connectivity index (χ2n) is 4.79. The van der Waals surface area contributed by atoms with Crippen molar-refractivity contribution in [3.63, 3.8) is 0 Å². The Bertz CT molecular complexity index is 263. The van der Waals surface area contributed by atoms with E-state index in [0.29, 0.717) is 13.1 Å². The van der Waals surface area contributed by atoms with Gasteiger partial charge >= 0.3 is 6.09 Å². The molecule has 0 aromatic heterocycles. The van der Waals surface area contributed by atoms with Gasteiger partial charge in [0, 0.05) is 19.3 Å². The Morgan fingerprint density at radius 3 is 2.25 bits per heavy atom. The predicted octanol–water partition coefficient (Wildman–Crippen LogP) is 1.54. The minimum atomic E-state index is -0.421. The van der Waals surface area contributed by atoms with Crippen molar-refractivity contribution in [3.05, 3.63) is 0 Å². The number of amides is 1. The Hall–Kier alpha value is -1.26. The Morgan fingerprint density at radius 1 is 1.25 bits per heavy atom. The zero-order valence-corrected chi connectivity index (χ0v) is 10.6. The quantitative estimate of drug-likeness (QED) is 0.638. The molecular weight excluding hydrogens is 206 g/mol. The van der Waals surface area contributed by atoms with E-state index in [4.69, 9.17) is 4.74 Å². The van der Waals surface area contributed by atoms with Gasteiger partial charge in [0.05, 0.1) is 13.1 Å². The van der Waals surface area contributed by atoms with Crippen molar-refractivity contribution >= 4 is 12.3 Å². The summed E-state index contributed by atoms with van der Waals surface area (Å²) in [5.41, 5.74) is -0.421. The number of piperazine rings is 1. The first-order valence-electron chi connectivity index (χ1n) is 5.64. The summed E-state index contributed by atoms with van der Waals surface area (Å²) in [7, 11) is 0. The van der Waals surface area contributed by atoms with Crippen molar-refractivity contribution in [1.29, 1.82) is 0 Å². The van der Waals surface area contributed by atoms with Gasteiger partial charge in [0.1, 0.15) is 5.60 Å². The van der Waals surface area contributed by atoms with Crippen molar-refractivity contribution in [3.8, 4) is 0 Å². The molecule has 1 aliphatic rings. The van der Waals surface area contributed by atoms with Crippen molar-refractivity contribution in [2.45, 2.75) is 33.3 Å². The van der Waals surface area contributed by atoms with Crippen LogP contribution >= 0.6 is 0 Å². The topological polar surface area (TPSA) is 45.1 Å². The van der Waals surface area contributed by atoms with E-state index in [1.807, 2.05) is 32.7 Å². The Balaban J connectivity index is 2.39. The highest BCUT2D eigenvalue weighted by atomic mass is 16.6. The van der Waals surface area contributed by atoms with Gasteiger partial charge < -0.3 is 9.64 Å². The monoisotopic (exact) mass is 227 g/mol. The van der Waals surface area contributed by atoms with Crippen molar-refractivity contribution in [2.24, 2.45) is 5.10 Å². The lowest BCUT2D eigenvalue weighted by Gasteiger charge is -2.34. The third-order valence-electron chi connectivity index (χ3n) is 2.19. The zero-order chi connectivity index (χ0) is 12.2. The van der Waals surface area contributed by atoms with Gasteiger partial charge in [0.15, 0.2) is 0 Å². The molecule has 0 aromatic rings. The Kier molecular flexibility index (Phi) is 4.15. The fourth-order valence-corrected chi connectivity index (χ4v) is 1.48. The highest BCUT2D eigenvalue weighted by Gasteiger charge is 2.25. The summed E-state index contributed by atoms with van der Waals surface area (Å²) in [5, 5.41) is 6.14. The Labute approximate surface area is 97.0 Å². The first-order chi connectivity index (χ1) is 7.42. The van der Waals surface area contributed by atoms with Crippen molar-refractivity contribution in [2.75, 3.05) is 26.2 Å². The molecule has 1 fully saturated rings. The number of carbonyl (C=O) groups excluding carboxylic acids is 1. The van der Waals surface area contributed by atoms with Gasteiger partial charge in [-0.3, -0.25) is 5.01 Å². The summed E-state index contributed by atoms with van der Waals surface area (Å²) in [5.74, 6) is 0. The summed E-state index contributed by atoms with van der Waals surface area (Å²) >= 11 is 0. The molecule has 1 aliphatic heterocycles. The largest absolute Gasteiger partial charge is 0.444 e. The van der Waals surface area contributed by atoms with Crippen molar-refractivity contribution < 1.29 is 9.53 Å². The number of hydrogen-bond acceptors (Lipinski definition) is 4. The van der Waals surface area contributed by atoms with Crippen LogP contribution in [0.1, 0.15) is 27.7 Å². The van der Waals surface area contributed by atoms with E-state index >= 15 is 0 Å². The second-order valence-corrected chi connectivity index (χ2v) is 4.79. The van der Waals surface area contributed by atoms with Crippen LogP contribution in [0.3, 0.4) is 0 Å². The van der Waals surface area contributed by atoms with Crippen LogP contribution in [-0.2, 0) is 4.74 Å². The molecule has 1 saturated heterocycles. The third-order valence-corrected chi connectivity index (χ3v) is 2.19. The average molecular weight is 227 g/mol. The van der Waals surface area contributed by atoms with Gasteiger partial charge in [-0.05, 0) is 27.7 Å². The van der Waals surface area contributed by atoms with Crippen molar-refractivity contribution in [1.82, 2.24) is 9.91 Å². The molecule has 1 amide bonds. The molecule has 5 heteroatoms. The lowest BCUT2D eigenvalue weighted by Crippen LogP contribution is -2.48. The molecule has 0 atom stereocenters. The van der Waals surface area contributed by atoms with Gasteiger partial charge in [0.25, 0.3) is 0 Å². The van der Waals surface area contributed by atoms with E-state index in [1.165, 1.54) is 0 Å². The smallest absolute Gasteiger partial charge is 0.410 e. The first kappa shape index (κ1) is 12.8. The minimum Gasteiger partial charge on any atom is -0.444 e. The normalized spacial score (nSPS) is 18.0. The summed E-state index contributed by atoms with van der Waals surface area (Å²) in [6, 6.07) is 0. The predicted molar refractivity (Wildman–Crippen MR) is 63.5 cm³/mol. The molecule has 1 heterocycles. The molecule has 0 saturated carbocycles. The highest BCUT2D eigenvalue weighted by Crippen LogP contribution is 2.11. The van der Waals surface area contributed by atoms with Crippen LogP contribution in [0.2, 0.25) is 0 Å².